The van der Waals surface area contributed by atoms with Crippen LogP contribution in [0.3, 0.4) is 0 Å². The van der Waals surface area contributed by atoms with Crippen LogP contribution in [0.2, 0.25) is 0 Å². The molecule has 0 amide bonds. The van der Waals surface area contributed by atoms with Crippen LogP contribution in [-0.2, 0) is 0 Å². The van der Waals surface area contributed by atoms with E-state index in [0.29, 0.717) is 0 Å². The number of rotatable bonds is 8. The van der Waals surface area contributed by atoms with Gasteiger partial charge in [0.2, 0.25) is 0 Å². The first kappa shape index (κ1) is 15.7. The molecule has 7 nitrogen and oxygen atoms in total. The number of nitrogens with one attached hydrogen (secondary N) is 1. The molecule has 7 N–H and O–H groups in total. The molecule has 0 radical (unpaired) electrons. The second kappa shape index (κ2) is 7.91. The molecule has 0 aliphatic carbocycles. The minimum Gasteiger partial charge on any atom is -0.394 e. The van der Waals surface area contributed by atoms with Crippen LogP contribution in [0.15, 0.2) is 0 Å². The van der Waals surface area contributed by atoms with Crippen LogP contribution in [-0.4, -0.2) is 80.9 Å². The fourth-order valence-electron chi connectivity index (χ4n) is 1.12. The summed E-state index contributed by atoms with van der Waals surface area (Å²) < 4.78 is 0. The van der Waals surface area contributed by atoms with Gasteiger partial charge in [-0.2, -0.15) is 0 Å². The maximum atomic E-state index is 9.40. The van der Waals surface area contributed by atoms with Gasteiger partial charge >= 0.3 is 0 Å². The Morgan fingerprint density at radius 3 is 1.81 bits per heavy atom. The van der Waals surface area contributed by atoms with Gasteiger partial charge in [-0.15, -0.1) is 0 Å². The molecule has 0 aromatic carbocycles. The molecule has 1 unspecified atom stereocenters. The minimum atomic E-state index is -1.62. The van der Waals surface area contributed by atoms with Gasteiger partial charge in [0.05, 0.1) is 18.8 Å². The Kier molecular flexibility index (Phi) is 7.77. The third-order valence-electron chi connectivity index (χ3n) is 2.12. The lowest BCUT2D eigenvalue weighted by Crippen LogP contribution is -2.49. The first-order valence-electron chi connectivity index (χ1n) is 5.12. The van der Waals surface area contributed by atoms with Crippen LogP contribution in [0.25, 0.3) is 0 Å². The topological polar surface area (TPSA) is 133 Å². The first-order valence-corrected chi connectivity index (χ1v) is 5.12. The molecule has 98 valence electrons. The van der Waals surface area contributed by atoms with Crippen molar-refractivity contribution in [1.82, 2.24) is 5.32 Å². The van der Waals surface area contributed by atoms with E-state index in [1.165, 1.54) is 0 Å². The second-order valence-electron chi connectivity index (χ2n) is 3.81. The summed E-state index contributed by atoms with van der Waals surface area (Å²) in [6.07, 6.45) is -6.56. The van der Waals surface area contributed by atoms with Gasteiger partial charge in [0.15, 0.2) is 0 Å². The van der Waals surface area contributed by atoms with Crippen molar-refractivity contribution in [2.24, 2.45) is 0 Å². The Hall–Kier alpha value is -0.280. The summed E-state index contributed by atoms with van der Waals surface area (Å²) in [5, 5.41) is 57.2. The van der Waals surface area contributed by atoms with Crippen molar-refractivity contribution in [3.05, 3.63) is 0 Å². The lowest BCUT2D eigenvalue weighted by molar-refractivity contribution is -0.114. The smallest absolute Gasteiger partial charge is 0.111 e. The zero-order chi connectivity index (χ0) is 12.7. The fraction of sp³-hybridized carbons (Fsp3) is 1.00. The van der Waals surface area contributed by atoms with Gasteiger partial charge in [-0.1, -0.05) is 0 Å². The third kappa shape index (κ3) is 5.71. The van der Waals surface area contributed by atoms with Gasteiger partial charge in [0.1, 0.15) is 18.3 Å². The van der Waals surface area contributed by atoms with E-state index in [4.69, 9.17) is 15.3 Å². The molecule has 0 fully saturated rings. The quantitative estimate of drug-likeness (QED) is 0.233. The van der Waals surface area contributed by atoms with Gasteiger partial charge in [-0.3, -0.25) is 0 Å². The second-order valence-corrected chi connectivity index (χ2v) is 3.81. The van der Waals surface area contributed by atoms with Crippen molar-refractivity contribution in [2.45, 2.75) is 37.4 Å². The van der Waals surface area contributed by atoms with Gasteiger partial charge in [-0.25, -0.2) is 0 Å². The summed E-state index contributed by atoms with van der Waals surface area (Å²) in [5.74, 6) is 0. The number of aliphatic hydroxyl groups is 6. The summed E-state index contributed by atoms with van der Waals surface area (Å²) in [6.45, 7) is 1.05. The largest absolute Gasteiger partial charge is 0.394 e. The Morgan fingerprint density at radius 2 is 1.38 bits per heavy atom. The standard InChI is InChI=1S/C9H21NO6/c1-5(12)2-10-3-6(13)8(15)9(16)7(14)4-11/h5-16H,2-4H2,1H3/t5?,6-,7+,8+,9+/m0/s1. The van der Waals surface area contributed by atoms with Crippen molar-refractivity contribution >= 4 is 0 Å². The molecule has 7 heteroatoms. The minimum absolute atomic E-state index is 0.0404. The van der Waals surface area contributed by atoms with Crippen LogP contribution in [0.1, 0.15) is 6.92 Å². The van der Waals surface area contributed by atoms with Crippen molar-refractivity contribution < 1.29 is 30.6 Å². The van der Waals surface area contributed by atoms with Crippen molar-refractivity contribution in [3.8, 4) is 0 Å². The summed E-state index contributed by atoms with van der Waals surface area (Å²) in [4.78, 5) is 0. The van der Waals surface area contributed by atoms with Crippen LogP contribution >= 0.6 is 0 Å². The van der Waals surface area contributed by atoms with E-state index in [2.05, 4.69) is 5.32 Å². The molecule has 16 heavy (non-hydrogen) atoms. The Morgan fingerprint density at radius 1 is 0.875 bits per heavy atom. The van der Waals surface area contributed by atoms with E-state index in [1.54, 1.807) is 6.92 Å². The van der Waals surface area contributed by atoms with Gasteiger partial charge < -0.3 is 36.0 Å². The van der Waals surface area contributed by atoms with Gasteiger partial charge in [0, 0.05) is 13.1 Å². The van der Waals surface area contributed by atoms with Crippen molar-refractivity contribution in [2.75, 3.05) is 19.7 Å². The molecule has 0 aromatic rings. The Labute approximate surface area is 94.0 Å². The lowest BCUT2D eigenvalue weighted by atomic mass is 10.0. The summed E-state index contributed by atoms with van der Waals surface area (Å²) >= 11 is 0. The highest BCUT2D eigenvalue weighted by molar-refractivity contribution is 4.81. The van der Waals surface area contributed by atoms with Crippen LogP contribution in [0.5, 0.6) is 0 Å². The molecule has 0 spiro atoms. The Balaban J connectivity index is 3.92. The van der Waals surface area contributed by atoms with E-state index in [9.17, 15) is 15.3 Å². The van der Waals surface area contributed by atoms with Gasteiger partial charge in [0.25, 0.3) is 0 Å². The van der Waals surface area contributed by atoms with Crippen LogP contribution < -0.4 is 5.32 Å². The highest BCUT2D eigenvalue weighted by Gasteiger charge is 2.29. The van der Waals surface area contributed by atoms with E-state index in [-0.39, 0.29) is 13.1 Å². The van der Waals surface area contributed by atoms with E-state index < -0.39 is 37.1 Å². The summed E-state index contributed by atoms with van der Waals surface area (Å²) in [5.41, 5.74) is 0. The number of hydrogen-bond donors (Lipinski definition) is 7. The first-order chi connectivity index (χ1) is 7.40. The van der Waals surface area contributed by atoms with Gasteiger partial charge in [-0.05, 0) is 6.92 Å². The molecule has 0 saturated carbocycles. The summed E-state index contributed by atoms with van der Waals surface area (Å²) in [6, 6.07) is 0. The third-order valence-corrected chi connectivity index (χ3v) is 2.12. The van der Waals surface area contributed by atoms with E-state index in [1.807, 2.05) is 0 Å². The SMILES string of the molecule is CC(O)CNC[C@H](O)[C@@H](O)[C@H](O)[C@H](O)CO. The maximum Gasteiger partial charge on any atom is 0.111 e. The number of hydrogen-bond acceptors (Lipinski definition) is 7. The molecule has 0 aliphatic rings. The Bertz CT molecular complexity index is 179. The van der Waals surface area contributed by atoms with E-state index in [0.717, 1.165) is 0 Å². The van der Waals surface area contributed by atoms with Crippen LogP contribution in [0.4, 0.5) is 0 Å². The molecular formula is C9H21NO6. The fourth-order valence-corrected chi connectivity index (χ4v) is 1.12. The van der Waals surface area contributed by atoms with Crippen molar-refractivity contribution in [3.63, 3.8) is 0 Å². The van der Waals surface area contributed by atoms with E-state index >= 15 is 0 Å². The molecule has 0 heterocycles. The normalized spacial score (nSPS) is 21.2. The molecule has 0 bridgehead atoms. The maximum absolute atomic E-state index is 9.40. The zero-order valence-corrected chi connectivity index (χ0v) is 9.19. The lowest BCUT2D eigenvalue weighted by Gasteiger charge is -2.25. The molecule has 0 aromatic heterocycles. The molecule has 0 aliphatic heterocycles. The highest BCUT2D eigenvalue weighted by Crippen LogP contribution is 2.04. The summed E-state index contributed by atoms with van der Waals surface area (Å²) in [7, 11) is 0. The molecule has 5 atom stereocenters. The average Bonchev–Trinajstić information content (AvgIpc) is 2.25. The zero-order valence-electron chi connectivity index (χ0n) is 9.19. The molecule has 0 saturated heterocycles. The molecular weight excluding hydrogens is 218 g/mol. The highest BCUT2D eigenvalue weighted by atomic mass is 16.4. The average molecular weight is 239 g/mol. The monoisotopic (exact) mass is 239 g/mol. The predicted octanol–water partition coefficient (Wildman–Crippen LogP) is -3.61. The molecule has 0 rings (SSSR count). The van der Waals surface area contributed by atoms with Crippen LogP contribution in [0, 0.1) is 0 Å². The number of aliphatic hydroxyl groups excluding tert-OH is 6. The predicted molar refractivity (Wildman–Crippen MR) is 55.7 cm³/mol. The van der Waals surface area contributed by atoms with Crippen molar-refractivity contribution in [1.29, 1.82) is 0 Å².